The lowest BCUT2D eigenvalue weighted by molar-refractivity contribution is -0.344. The number of hydrogen-bond donors (Lipinski definition) is 1. The molecule has 6 heteroatoms. The predicted octanol–water partition coefficient (Wildman–Crippen LogP) is 2.27. The second kappa shape index (κ2) is 6.12. The summed E-state index contributed by atoms with van der Waals surface area (Å²) in [7, 11) is -1.11. The van der Waals surface area contributed by atoms with Gasteiger partial charge in [0, 0.05) is 9.79 Å². The maximum absolute atomic E-state index is 11.5. The fourth-order valence-corrected chi connectivity index (χ4v) is 3.67. The van der Waals surface area contributed by atoms with Crippen LogP contribution in [-0.2, 0) is 4.79 Å². The molecule has 20 heavy (non-hydrogen) atoms. The molecule has 0 spiro atoms. The van der Waals surface area contributed by atoms with Crippen molar-refractivity contribution in [2.45, 2.75) is 9.79 Å². The standard InChI is InChI=1S/C14H12N2O3S/c15-13(17)14(16(18)19)20(11-7-3-1-4-8-11)12-9-5-2-6-10-12/h1-10H,(H2,15,17). The summed E-state index contributed by atoms with van der Waals surface area (Å²) in [4.78, 5) is 22.9. The molecule has 1 amide bonds. The molecule has 0 fully saturated rings. The molecular weight excluding hydrogens is 276 g/mol. The van der Waals surface area contributed by atoms with Crippen LogP contribution < -0.4 is 5.73 Å². The van der Waals surface area contributed by atoms with E-state index >= 15 is 0 Å². The van der Waals surface area contributed by atoms with Crippen LogP contribution in [0.2, 0.25) is 0 Å². The van der Waals surface area contributed by atoms with Crippen LogP contribution in [0.3, 0.4) is 0 Å². The summed E-state index contributed by atoms with van der Waals surface area (Å²) in [6.07, 6.45) is 0. The third kappa shape index (κ3) is 2.92. The number of nitrogens with zero attached hydrogens (tertiary/aromatic N) is 1. The van der Waals surface area contributed by atoms with Crippen LogP contribution in [-0.4, -0.2) is 15.8 Å². The third-order valence-electron chi connectivity index (χ3n) is 2.53. The van der Waals surface area contributed by atoms with Crippen molar-refractivity contribution in [1.82, 2.24) is 0 Å². The summed E-state index contributed by atoms with van der Waals surface area (Å²) in [5, 5.41) is 11.2. The molecule has 0 aromatic heterocycles. The highest BCUT2D eigenvalue weighted by atomic mass is 32.2. The van der Waals surface area contributed by atoms with Gasteiger partial charge in [-0.2, -0.15) is 0 Å². The molecule has 2 rings (SSSR count). The first-order chi connectivity index (χ1) is 9.61. The molecule has 2 aromatic rings. The lowest BCUT2D eigenvalue weighted by Crippen LogP contribution is -2.30. The zero-order chi connectivity index (χ0) is 14.5. The van der Waals surface area contributed by atoms with Gasteiger partial charge in [0.25, 0.3) is 0 Å². The topological polar surface area (TPSA) is 86.2 Å². The molecule has 0 saturated heterocycles. The number of carbonyl (C=O) groups is 1. The Morgan fingerprint density at radius 2 is 1.35 bits per heavy atom. The van der Waals surface area contributed by atoms with Gasteiger partial charge in [0.15, 0.2) is 0 Å². The second-order valence-corrected chi connectivity index (χ2v) is 5.80. The van der Waals surface area contributed by atoms with E-state index < -0.39 is 26.3 Å². The van der Waals surface area contributed by atoms with Crippen LogP contribution in [0.15, 0.2) is 70.5 Å². The van der Waals surface area contributed by atoms with Gasteiger partial charge in [-0.15, -0.1) is 0 Å². The van der Waals surface area contributed by atoms with Crippen molar-refractivity contribution in [1.29, 1.82) is 0 Å². The van der Waals surface area contributed by atoms with Crippen LogP contribution >= 0.6 is 10.5 Å². The van der Waals surface area contributed by atoms with E-state index in [1.54, 1.807) is 48.5 Å². The van der Waals surface area contributed by atoms with E-state index in [0.717, 1.165) is 0 Å². The quantitative estimate of drug-likeness (QED) is 0.522. The van der Waals surface area contributed by atoms with Crippen molar-refractivity contribution in [2.24, 2.45) is 5.73 Å². The summed E-state index contributed by atoms with van der Waals surface area (Å²) in [6, 6.07) is 17.7. The molecular formula is C14H12N2O3S. The first-order valence-electron chi connectivity index (χ1n) is 5.77. The molecule has 2 aromatic carbocycles. The minimum atomic E-state index is -1.11. The summed E-state index contributed by atoms with van der Waals surface area (Å²) in [5.41, 5.74) is 5.20. The Morgan fingerprint density at radius 1 is 0.950 bits per heavy atom. The third-order valence-corrected chi connectivity index (χ3v) is 4.75. The number of rotatable bonds is 2. The Morgan fingerprint density at radius 3 is 1.65 bits per heavy atom. The van der Waals surface area contributed by atoms with Gasteiger partial charge < -0.3 is 5.73 Å². The Kier molecular flexibility index (Phi) is 4.27. The molecule has 0 unspecified atom stereocenters. The first kappa shape index (κ1) is 14.0. The number of nitro groups is 1. The van der Waals surface area contributed by atoms with Gasteiger partial charge in [-0.25, -0.2) is 0 Å². The Balaban J connectivity index is 2.77. The zero-order valence-electron chi connectivity index (χ0n) is 10.4. The van der Waals surface area contributed by atoms with E-state index in [2.05, 4.69) is 0 Å². The largest absolute Gasteiger partial charge is 0.366 e. The Hall–Kier alpha value is -2.47. The van der Waals surface area contributed by atoms with Crippen LogP contribution in [0.4, 0.5) is 0 Å². The molecule has 0 bridgehead atoms. The fourth-order valence-electron chi connectivity index (χ4n) is 1.74. The minimum absolute atomic E-state index is 0.498. The summed E-state index contributed by atoms with van der Waals surface area (Å²) in [6.45, 7) is 0. The number of benzene rings is 2. The average Bonchev–Trinajstić information content (AvgIpc) is 2.45. The molecule has 0 radical (unpaired) electrons. The van der Waals surface area contributed by atoms with Crippen LogP contribution in [0.5, 0.6) is 0 Å². The number of hydrogen-bond acceptors (Lipinski definition) is 3. The van der Waals surface area contributed by atoms with E-state index in [1.165, 1.54) is 0 Å². The summed E-state index contributed by atoms with van der Waals surface area (Å²) >= 11 is 0. The molecule has 0 aliphatic heterocycles. The maximum Gasteiger partial charge on any atom is 0.366 e. The van der Waals surface area contributed by atoms with E-state index in [9.17, 15) is 14.9 Å². The van der Waals surface area contributed by atoms with Crippen molar-refractivity contribution in [3.8, 4) is 0 Å². The predicted molar refractivity (Wildman–Crippen MR) is 78.2 cm³/mol. The van der Waals surface area contributed by atoms with Gasteiger partial charge in [-0.1, -0.05) is 36.4 Å². The molecule has 102 valence electrons. The van der Waals surface area contributed by atoms with Crippen molar-refractivity contribution in [3.63, 3.8) is 0 Å². The highest BCUT2D eigenvalue weighted by molar-refractivity contribution is 8.16. The van der Waals surface area contributed by atoms with E-state index in [4.69, 9.17) is 5.73 Å². The number of nitrogens with two attached hydrogens (primary N) is 1. The summed E-state index contributed by atoms with van der Waals surface area (Å²) < 4.78 is 0. The lowest BCUT2D eigenvalue weighted by atomic mass is 10.4. The van der Waals surface area contributed by atoms with Gasteiger partial charge >= 0.3 is 10.9 Å². The number of carbonyl (C=O) groups excluding carboxylic acids is 1. The van der Waals surface area contributed by atoms with Gasteiger partial charge in [0.1, 0.15) is 0 Å². The Labute approximate surface area is 118 Å². The second-order valence-electron chi connectivity index (χ2n) is 3.86. The molecule has 0 atom stereocenters. The normalized spacial score (nSPS) is 10.2. The van der Waals surface area contributed by atoms with E-state index in [0.29, 0.717) is 9.79 Å². The lowest BCUT2D eigenvalue weighted by Gasteiger charge is -2.09. The molecule has 0 saturated carbocycles. The maximum atomic E-state index is 11.5. The van der Waals surface area contributed by atoms with Crippen molar-refractivity contribution in [3.05, 3.63) is 70.8 Å². The molecule has 5 nitrogen and oxygen atoms in total. The van der Waals surface area contributed by atoms with Gasteiger partial charge in [-0.3, -0.25) is 14.9 Å². The summed E-state index contributed by atoms with van der Waals surface area (Å²) in [5.74, 6) is -1.01. The van der Waals surface area contributed by atoms with Crippen molar-refractivity contribution < 1.29 is 9.72 Å². The number of amides is 1. The average molecular weight is 288 g/mol. The highest BCUT2D eigenvalue weighted by Crippen LogP contribution is 2.36. The molecule has 0 aliphatic carbocycles. The first-order valence-corrected chi connectivity index (χ1v) is 6.99. The van der Waals surface area contributed by atoms with Crippen LogP contribution in [0.25, 0.3) is 0 Å². The smallest absolute Gasteiger partial charge is 0.360 e. The fraction of sp³-hybridized carbons (Fsp3) is 0. The van der Waals surface area contributed by atoms with E-state index in [-0.39, 0.29) is 0 Å². The molecule has 0 aliphatic rings. The van der Waals surface area contributed by atoms with Gasteiger partial charge in [-0.05, 0) is 34.7 Å². The molecule has 2 N–H and O–H groups in total. The van der Waals surface area contributed by atoms with Gasteiger partial charge in [0.2, 0.25) is 0 Å². The Bertz CT molecular complexity index is 612. The van der Waals surface area contributed by atoms with E-state index in [1.807, 2.05) is 12.1 Å². The van der Waals surface area contributed by atoms with Crippen LogP contribution in [0, 0.1) is 10.1 Å². The van der Waals surface area contributed by atoms with Gasteiger partial charge in [0.05, 0.1) is 4.92 Å². The SMILES string of the molecule is NC(=O)C([N+](=O)[O-])=S(c1ccccc1)c1ccccc1. The monoisotopic (exact) mass is 288 g/mol. The number of primary amides is 1. The highest BCUT2D eigenvalue weighted by Gasteiger charge is 2.26. The minimum Gasteiger partial charge on any atom is -0.360 e. The van der Waals surface area contributed by atoms with Crippen LogP contribution in [0.1, 0.15) is 0 Å². The van der Waals surface area contributed by atoms with Crippen molar-refractivity contribution in [2.75, 3.05) is 0 Å². The zero-order valence-corrected chi connectivity index (χ0v) is 11.2. The molecule has 0 heterocycles. The van der Waals surface area contributed by atoms with Crippen molar-refractivity contribution >= 4 is 21.4 Å².